The Morgan fingerprint density at radius 2 is 1.88 bits per heavy atom. The Bertz CT molecular complexity index is 538. The summed E-state index contributed by atoms with van der Waals surface area (Å²) in [5.74, 6) is 0.826. The first-order valence-corrected chi connectivity index (χ1v) is 12.7. The number of benzene rings is 1. The molecule has 2 rings (SSSR count). The van der Waals surface area contributed by atoms with Gasteiger partial charge in [0.05, 0.1) is 32.5 Å². The van der Waals surface area contributed by atoms with Crippen molar-refractivity contribution in [2.24, 2.45) is 11.8 Å². The van der Waals surface area contributed by atoms with Gasteiger partial charge in [0.15, 0.2) is 0 Å². The molecule has 4 atom stereocenters. The van der Waals surface area contributed by atoms with E-state index in [1.54, 1.807) is 13.2 Å². The van der Waals surface area contributed by atoms with E-state index < -0.39 is 14.2 Å². The van der Waals surface area contributed by atoms with Gasteiger partial charge in [0, 0.05) is 26.5 Å². The SMILES string of the molecule is C=C[C@H]1[C@@H](O)[C@@H](COCC[Si](C)(C)C)[C@@H]1OCc1ccc(OC)cc1. The Balaban J connectivity index is 1.83. The molecule has 1 aromatic rings. The summed E-state index contributed by atoms with van der Waals surface area (Å²) in [6, 6.07) is 8.98. The quantitative estimate of drug-likeness (QED) is 0.390. The molecule has 0 spiro atoms. The topological polar surface area (TPSA) is 47.9 Å². The van der Waals surface area contributed by atoms with Crippen LogP contribution in [0.5, 0.6) is 5.75 Å². The van der Waals surface area contributed by atoms with Crippen molar-refractivity contribution in [2.75, 3.05) is 20.3 Å². The fourth-order valence-electron chi connectivity index (χ4n) is 3.03. The first kappa shape index (κ1) is 20.2. The van der Waals surface area contributed by atoms with Crippen LogP contribution in [0.15, 0.2) is 36.9 Å². The van der Waals surface area contributed by atoms with Crippen LogP contribution in [0.2, 0.25) is 25.7 Å². The Hall–Kier alpha value is -1.14. The van der Waals surface area contributed by atoms with Crippen molar-refractivity contribution in [1.29, 1.82) is 0 Å². The van der Waals surface area contributed by atoms with Gasteiger partial charge in [0.2, 0.25) is 0 Å². The molecule has 0 bridgehead atoms. The predicted octanol–water partition coefficient (Wildman–Crippen LogP) is 3.73. The van der Waals surface area contributed by atoms with E-state index in [1.807, 2.05) is 24.3 Å². The van der Waals surface area contributed by atoms with E-state index in [1.165, 1.54) is 0 Å². The van der Waals surface area contributed by atoms with Crippen LogP contribution in [0.3, 0.4) is 0 Å². The molecule has 1 N–H and O–H groups in total. The van der Waals surface area contributed by atoms with E-state index >= 15 is 0 Å². The molecule has 25 heavy (non-hydrogen) atoms. The number of hydrogen-bond acceptors (Lipinski definition) is 4. The van der Waals surface area contributed by atoms with Gasteiger partial charge in [-0.2, -0.15) is 0 Å². The van der Waals surface area contributed by atoms with Crippen LogP contribution >= 0.6 is 0 Å². The zero-order valence-corrected chi connectivity index (χ0v) is 16.9. The van der Waals surface area contributed by atoms with Crippen LogP contribution in [0.1, 0.15) is 5.56 Å². The highest BCUT2D eigenvalue weighted by atomic mass is 28.3. The zero-order valence-electron chi connectivity index (χ0n) is 15.9. The van der Waals surface area contributed by atoms with Gasteiger partial charge in [0.1, 0.15) is 5.75 Å². The predicted molar refractivity (Wildman–Crippen MR) is 104 cm³/mol. The molecule has 1 saturated carbocycles. The van der Waals surface area contributed by atoms with Crippen LogP contribution in [0.25, 0.3) is 0 Å². The standard InChI is InChI=1S/C20H32O4Si/c1-6-17-19(21)18(14-23-11-12-25(3,4)5)20(17)24-13-15-7-9-16(22-2)10-8-15/h6-10,17-21H,1,11-14H2,2-5H3/t17-,18+,19+,20+/m0/s1. The van der Waals surface area contributed by atoms with E-state index in [2.05, 4.69) is 26.2 Å². The summed E-state index contributed by atoms with van der Waals surface area (Å²) in [5.41, 5.74) is 1.09. The number of methoxy groups -OCH3 is 1. The molecular formula is C20H32O4Si. The van der Waals surface area contributed by atoms with Gasteiger partial charge in [-0.1, -0.05) is 37.8 Å². The maximum absolute atomic E-state index is 10.3. The highest BCUT2D eigenvalue weighted by Crippen LogP contribution is 2.38. The molecule has 0 amide bonds. The Labute approximate surface area is 152 Å². The summed E-state index contributed by atoms with van der Waals surface area (Å²) >= 11 is 0. The fraction of sp³-hybridized carbons (Fsp3) is 0.600. The van der Waals surface area contributed by atoms with Crippen molar-refractivity contribution in [2.45, 2.75) is 44.5 Å². The first-order chi connectivity index (χ1) is 11.9. The molecular weight excluding hydrogens is 332 g/mol. The number of aliphatic hydroxyl groups is 1. The molecule has 0 aromatic heterocycles. The van der Waals surface area contributed by atoms with E-state index in [4.69, 9.17) is 14.2 Å². The van der Waals surface area contributed by atoms with Crippen molar-refractivity contribution in [3.8, 4) is 5.75 Å². The first-order valence-electron chi connectivity index (χ1n) is 8.98. The van der Waals surface area contributed by atoms with Gasteiger partial charge < -0.3 is 19.3 Å². The normalized spacial score (nSPS) is 26.1. The van der Waals surface area contributed by atoms with Crippen LogP contribution < -0.4 is 4.74 Å². The lowest BCUT2D eigenvalue weighted by Gasteiger charge is -2.47. The fourth-order valence-corrected chi connectivity index (χ4v) is 3.78. The monoisotopic (exact) mass is 364 g/mol. The molecule has 0 radical (unpaired) electrons. The Morgan fingerprint density at radius 3 is 2.44 bits per heavy atom. The molecule has 1 aromatic carbocycles. The zero-order chi connectivity index (χ0) is 18.4. The third kappa shape index (κ3) is 5.68. The summed E-state index contributed by atoms with van der Waals surface area (Å²) in [6.07, 6.45) is 1.33. The van der Waals surface area contributed by atoms with Crippen LogP contribution in [0, 0.1) is 11.8 Å². The van der Waals surface area contributed by atoms with Crippen molar-refractivity contribution in [3.63, 3.8) is 0 Å². The lowest BCUT2D eigenvalue weighted by molar-refractivity contribution is -0.183. The lowest BCUT2D eigenvalue weighted by atomic mass is 9.69. The van der Waals surface area contributed by atoms with E-state index in [9.17, 15) is 5.11 Å². The summed E-state index contributed by atoms with van der Waals surface area (Å²) in [7, 11) is 0.567. The maximum atomic E-state index is 10.3. The molecule has 140 valence electrons. The molecule has 4 nitrogen and oxygen atoms in total. The van der Waals surface area contributed by atoms with Crippen LogP contribution in [0.4, 0.5) is 0 Å². The van der Waals surface area contributed by atoms with Crippen molar-refractivity contribution in [3.05, 3.63) is 42.5 Å². The maximum Gasteiger partial charge on any atom is 0.118 e. The minimum Gasteiger partial charge on any atom is -0.497 e. The van der Waals surface area contributed by atoms with Gasteiger partial charge in [-0.25, -0.2) is 0 Å². The Morgan fingerprint density at radius 1 is 1.20 bits per heavy atom. The largest absolute Gasteiger partial charge is 0.497 e. The van der Waals surface area contributed by atoms with Crippen molar-refractivity contribution in [1.82, 2.24) is 0 Å². The molecule has 1 aliphatic rings. The average molecular weight is 365 g/mol. The summed E-state index contributed by atoms with van der Waals surface area (Å²) < 4.78 is 17.1. The second kappa shape index (κ2) is 8.99. The van der Waals surface area contributed by atoms with Crippen LogP contribution in [-0.4, -0.2) is 45.7 Å². The number of aliphatic hydroxyl groups excluding tert-OH is 1. The average Bonchev–Trinajstić information content (AvgIpc) is 2.57. The lowest BCUT2D eigenvalue weighted by Crippen LogP contribution is -2.57. The second-order valence-electron chi connectivity index (χ2n) is 7.98. The summed E-state index contributed by atoms with van der Waals surface area (Å²) in [6.45, 7) is 12.7. The van der Waals surface area contributed by atoms with Gasteiger partial charge >= 0.3 is 0 Å². The molecule has 0 aliphatic heterocycles. The molecule has 1 aliphatic carbocycles. The smallest absolute Gasteiger partial charge is 0.118 e. The van der Waals surface area contributed by atoms with E-state index in [0.717, 1.165) is 24.0 Å². The van der Waals surface area contributed by atoms with E-state index in [-0.39, 0.29) is 17.9 Å². The van der Waals surface area contributed by atoms with Crippen molar-refractivity contribution >= 4 is 8.07 Å². The molecule has 0 heterocycles. The van der Waals surface area contributed by atoms with E-state index in [0.29, 0.717) is 13.2 Å². The van der Waals surface area contributed by atoms with Gasteiger partial charge in [-0.3, -0.25) is 0 Å². The third-order valence-corrected chi connectivity index (χ3v) is 6.52. The molecule has 0 unspecified atom stereocenters. The molecule has 1 fully saturated rings. The van der Waals surface area contributed by atoms with Crippen molar-refractivity contribution < 1.29 is 19.3 Å². The highest BCUT2D eigenvalue weighted by molar-refractivity contribution is 6.76. The molecule has 0 saturated heterocycles. The number of ether oxygens (including phenoxy) is 3. The number of hydrogen-bond donors (Lipinski definition) is 1. The number of rotatable bonds is 10. The second-order valence-corrected chi connectivity index (χ2v) is 13.6. The van der Waals surface area contributed by atoms with Gasteiger partial charge in [0.25, 0.3) is 0 Å². The van der Waals surface area contributed by atoms with Gasteiger partial charge in [-0.05, 0) is 23.7 Å². The minimum absolute atomic E-state index is 0.0166. The highest BCUT2D eigenvalue weighted by Gasteiger charge is 2.49. The Kier molecular flexibility index (Phi) is 7.25. The van der Waals surface area contributed by atoms with Gasteiger partial charge in [-0.15, -0.1) is 6.58 Å². The molecule has 5 heteroatoms. The summed E-state index contributed by atoms with van der Waals surface area (Å²) in [5, 5.41) is 10.3. The minimum atomic E-state index is -1.09. The third-order valence-electron chi connectivity index (χ3n) is 4.81. The van der Waals surface area contributed by atoms with Crippen LogP contribution in [-0.2, 0) is 16.1 Å². The summed E-state index contributed by atoms with van der Waals surface area (Å²) in [4.78, 5) is 0.